The first-order valence-corrected chi connectivity index (χ1v) is 4.63. The molecule has 0 aliphatic carbocycles. The normalized spacial score (nSPS) is 14.8. The summed E-state index contributed by atoms with van der Waals surface area (Å²) in [6.45, 7) is 3.32. The maximum absolute atomic E-state index is 10.8. The van der Waals surface area contributed by atoms with E-state index in [4.69, 9.17) is 4.42 Å². The maximum Gasteiger partial charge on any atom is 0.217 e. The van der Waals surface area contributed by atoms with Gasteiger partial charge in [-0.1, -0.05) is 6.92 Å². The highest BCUT2D eigenvalue weighted by Crippen LogP contribution is 2.18. The number of hydrogen-bond acceptors (Lipinski definition) is 3. The molecule has 1 aromatic rings. The van der Waals surface area contributed by atoms with Crippen molar-refractivity contribution in [1.29, 1.82) is 0 Å². The van der Waals surface area contributed by atoms with E-state index in [2.05, 4.69) is 5.32 Å². The number of aliphatic hydroxyl groups excluding tert-OH is 1. The van der Waals surface area contributed by atoms with Gasteiger partial charge in [0.2, 0.25) is 5.91 Å². The number of rotatable bonds is 4. The van der Waals surface area contributed by atoms with Gasteiger partial charge < -0.3 is 14.8 Å². The summed E-state index contributed by atoms with van der Waals surface area (Å²) in [5.41, 5.74) is 0. The van der Waals surface area contributed by atoms with E-state index in [1.807, 2.05) is 6.92 Å². The van der Waals surface area contributed by atoms with Crippen molar-refractivity contribution in [3.05, 3.63) is 24.2 Å². The zero-order valence-electron chi connectivity index (χ0n) is 8.36. The zero-order chi connectivity index (χ0) is 10.6. The van der Waals surface area contributed by atoms with Gasteiger partial charge in [-0.05, 0) is 18.6 Å². The van der Waals surface area contributed by atoms with E-state index in [0.717, 1.165) is 0 Å². The lowest BCUT2D eigenvalue weighted by Gasteiger charge is -2.20. The topological polar surface area (TPSA) is 62.5 Å². The van der Waals surface area contributed by atoms with Crippen LogP contribution < -0.4 is 5.32 Å². The van der Waals surface area contributed by atoms with Gasteiger partial charge in [0, 0.05) is 6.92 Å². The van der Waals surface area contributed by atoms with Crippen molar-refractivity contribution < 1.29 is 14.3 Å². The number of hydrogen-bond donors (Lipinski definition) is 2. The predicted octanol–water partition coefficient (Wildman–Crippen LogP) is 1.23. The molecule has 0 saturated carbocycles. The van der Waals surface area contributed by atoms with Gasteiger partial charge in [0.05, 0.1) is 12.3 Å². The third kappa shape index (κ3) is 2.60. The van der Waals surface area contributed by atoms with Crippen LogP contribution in [0.2, 0.25) is 0 Å². The Hall–Kier alpha value is -1.29. The standard InChI is InChI=1S/C10H15NO3/c1-3-8(11-7(2)12)10(13)9-5-4-6-14-9/h4-6,8,10,13H,3H2,1-2H3,(H,11,12). The predicted molar refractivity (Wildman–Crippen MR) is 51.6 cm³/mol. The van der Waals surface area contributed by atoms with Gasteiger partial charge in [0.1, 0.15) is 11.9 Å². The van der Waals surface area contributed by atoms with E-state index in [-0.39, 0.29) is 11.9 Å². The largest absolute Gasteiger partial charge is 0.467 e. The number of carbonyl (C=O) groups excluding carboxylic acids is 1. The Morgan fingerprint density at radius 3 is 2.86 bits per heavy atom. The minimum Gasteiger partial charge on any atom is -0.467 e. The van der Waals surface area contributed by atoms with Gasteiger partial charge in [-0.15, -0.1) is 0 Å². The smallest absolute Gasteiger partial charge is 0.217 e. The molecule has 1 rings (SSSR count). The Morgan fingerprint density at radius 1 is 1.71 bits per heavy atom. The molecule has 0 aromatic carbocycles. The Kier molecular flexibility index (Phi) is 3.71. The molecule has 0 bridgehead atoms. The van der Waals surface area contributed by atoms with E-state index in [1.54, 1.807) is 12.1 Å². The molecule has 2 N–H and O–H groups in total. The van der Waals surface area contributed by atoms with E-state index in [0.29, 0.717) is 12.2 Å². The fourth-order valence-corrected chi connectivity index (χ4v) is 1.32. The van der Waals surface area contributed by atoms with Crippen molar-refractivity contribution in [3.63, 3.8) is 0 Å². The third-order valence-electron chi connectivity index (χ3n) is 2.04. The highest BCUT2D eigenvalue weighted by atomic mass is 16.4. The highest BCUT2D eigenvalue weighted by Gasteiger charge is 2.21. The monoisotopic (exact) mass is 197 g/mol. The minimum absolute atomic E-state index is 0.151. The molecular formula is C10H15NO3. The molecule has 4 nitrogen and oxygen atoms in total. The summed E-state index contributed by atoms with van der Waals surface area (Å²) in [6.07, 6.45) is 1.37. The summed E-state index contributed by atoms with van der Waals surface area (Å²) in [6, 6.07) is 3.10. The molecule has 2 atom stereocenters. The zero-order valence-corrected chi connectivity index (χ0v) is 8.36. The minimum atomic E-state index is -0.779. The summed E-state index contributed by atoms with van der Waals surface area (Å²) in [4.78, 5) is 10.8. The van der Waals surface area contributed by atoms with Crippen LogP contribution >= 0.6 is 0 Å². The molecular weight excluding hydrogens is 182 g/mol. The average Bonchev–Trinajstić information content (AvgIpc) is 2.65. The first-order valence-electron chi connectivity index (χ1n) is 4.63. The molecule has 4 heteroatoms. The SMILES string of the molecule is CCC(NC(C)=O)C(O)c1ccco1. The first kappa shape index (κ1) is 10.8. The second kappa shape index (κ2) is 4.81. The first-order chi connectivity index (χ1) is 6.65. The van der Waals surface area contributed by atoms with Crippen LogP contribution in [0.25, 0.3) is 0 Å². The number of furan rings is 1. The van der Waals surface area contributed by atoms with E-state index >= 15 is 0 Å². The molecule has 0 radical (unpaired) electrons. The van der Waals surface area contributed by atoms with Gasteiger partial charge in [0.15, 0.2) is 0 Å². The van der Waals surface area contributed by atoms with Crippen LogP contribution in [0.4, 0.5) is 0 Å². The summed E-state index contributed by atoms with van der Waals surface area (Å²) >= 11 is 0. The summed E-state index contributed by atoms with van der Waals surface area (Å²) in [5.74, 6) is 0.327. The third-order valence-corrected chi connectivity index (χ3v) is 2.04. The molecule has 1 aromatic heterocycles. The molecule has 2 unspecified atom stereocenters. The van der Waals surface area contributed by atoms with Gasteiger partial charge in [-0.2, -0.15) is 0 Å². The number of nitrogens with one attached hydrogen (secondary N) is 1. The molecule has 0 aliphatic heterocycles. The van der Waals surface area contributed by atoms with Crippen LogP contribution in [0.5, 0.6) is 0 Å². The second-order valence-corrected chi connectivity index (χ2v) is 3.18. The van der Waals surface area contributed by atoms with Crippen LogP contribution in [-0.2, 0) is 4.79 Å². The van der Waals surface area contributed by atoms with Gasteiger partial charge in [-0.3, -0.25) is 4.79 Å². The maximum atomic E-state index is 10.8. The molecule has 1 heterocycles. The fraction of sp³-hybridized carbons (Fsp3) is 0.500. The number of amides is 1. The Morgan fingerprint density at radius 2 is 2.43 bits per heavy atom. The van der Waals surface area contributed by atoms with Crippen LogP contribution in [-0.4, -0.2) is 17.1 Å². The van der Waals surface area contributed by atoms with Crippen LogP contribution in [0.15, 0.2) is 22.8 Å². The molecule has 14 heavy (non-hydrogen) atoms. The highest BCUT2D eigenvalue weighted by molar-refractivity contribution is 5.73. The molecule has 0 spiro atoms. The Balaban J connectivity index is 2.65. The molecule has 0 saturated heterocycles. The lowest BCUT2D eigenvalue weighted by Crippen LogP contribution is -2.37. The second-order valence-electron chi connectivity index (χ2n) is 3.18. The lowest BCUT2D eigenvalue weighted by atomic mass is 10.1. The van der Waals surface area contributed by atoms with E-state index in [1.165, 1.54) is 13.2 Å². The van der Waals surface area contributed by atoms with Gasteiger partial charge in [-0.25, -0.2) is 0 Å². The molecule has 0 aliphatic rings. The van der Waals surface area contributed by atoms with Crippen molar-refractivity contribution in [2.75, 3.05) is 0 Å². The van der Waals surface area contributed by atoms with Crippen LogP contribution in [0.3, 0.4) is 0 Å². The summed E-state index contributed by atoms with van der Waals surface area (Å²) in [5, 5.41) is 12.5. The summed E-state index contributed by atoms with van der Waals surface area (Å²) in [7, 11) is 0. The number of carbonyl (C=O) groups is 1. The van der Waals surface area contributed by atoms with Crippen molar-refractivity contribution >= 4 is 5.91 Å². The van der Waals surface area contributed by atoms with Crippen molar-refractivity contribution in [2.24, 2.45) is 0 Å². The fourth-order valence-electron chi connectivity index (χ4n) is 1.32. The van der Waals surface area contributed by atoms with Crippen molar-refractivity contribution in [3.8, 4) is 0 Å². The lowest BCUT2D eigenvalue weighted by molar-refractivity contribution is -0.120. The van der Waals surface area contributed by atoms with Crippen molar-refractivity contribution in [2.45, 2.75) is 32.4 Å². The number of aliphatic hydroxyl groups is 1. The van der Waals surface area contributed by atoms with Gasteiger partial charge >= 0.3 is 0 Å². The molecule has 1 amide bonds. The van der Waals surface area contributed by atoms with Crippen LogP contribution in [0.1, 0.15) is 32.1 Å². The van der Waals surface area contributed by atoms with E-state index in [9.17, 15) is 9.90 Å². The molecule has 78 valence electrons. The van der Waals surface area contributed by atoms with Crippen LogP contribution in [0, 0.1) is 0 Å². The Bertz CT molecular complexity index is 282. The van der Waals surface area contributed by atoms with E-state index < -0.39 is 6.10 Å². The summed E-state index contributed by atoms with van der Waals surface area (Å²) < 4.78 is 5.06. The Labute approximate surface area is 82.9 Å². The molecule has 0 fully saturated rings. The quantitative estimate of drug-likeness (QED) is 0.763. The average molecular weight is 197 g/mol. The van der Waals surface area contributed by atoms with Gasteiger partial charge in [0.25, 0.3) is 0 Å². The van der Waals surface area contributed by atoms with Crippen molar-refractivity contribution in [1.82, 2.24) is 5.32 Å².